The molecule has 2 atom stereocenters. The molecule has 0 radical (unpaired) electrons. The summed E-state index contributed by atoms with van der Waals surface area (Å²) < 4.78 is 5.21. The molecular formula is C18H27N3O3. The van der Waals surface area contributed by atoms with E-state index in [1.807, 2.05) is 0 Å². The third kappa shape index (κ3) is 4.17. The largest absolute Gasteiger partial charge is 0.459 e. The molecule has 2 aliphatic rings. The summed E-state index contributed by atoms with van der Waals surface area (Å²) in [6, 6.07) is 2.98. The molecule has 0 aromatic carbocycles. The fourth-order valence-corrected chi connectivity index (χ4v) is 3.68. The van der Waals surface area contributed by atoms with Crippen LogP contribution in [0.2, 0.25) is 0 Å². The van der Waals surface area contributed by atoms with Crippen molar-refractivity contribution in [2.75, 3.05) is 26.2 Å². The minimum Gasteiger partial charge on any atom is -0.459 e. The van der Waals surface area contributed by atoms with Crippen molar-refractivity contribution < 1.29 is 14.0 Å². The highest BCUT2D eigenvalue weighted by molar-refractivity contribution is 5.95. The van der Waals surface area contributed by atoms with Crippen LogP contribution in [0.3, 0.4) is 0 Å². The Bertz CT molecular complexity index is 538. The molecule has 3 rings (SSSR count). The van der Waals surface area contributed by atoms with Crippen LogP contribution in [-0.2, 0) is 4.79 Å². The molecule has 0 bridgehead atoms. The summed E-state index contributed by atoms with van der Waals surface area (Å²) >= 11 is 0. The Balaban J connectivity index is 1.52. The minimum absolute atomic E-state index is 0.0293. The fraction of sp³-hybridized carbons (Fsp3) is 0.667. The number of hydrogen-bond donors (Lipinski definition) is 2. The molecule has 1 aromatic heterocycles. The van der Waals surface area contributed by atoms with E-state index in [1.54, 1.807) is 17.0 Å². The van der Waals surface area contributed by atoms with E-state index in [9.17, 15) is 9.59 Å². The highest BCUT2D eigenvalue weighted by Crippen LogP contribution is 2.20. The van der Waals surface area contributed by atoms with Crippen LogP contribution in [0.1, 0.15) is 49.1 Å². The molecule has 0 aliphatic carbocycles. The molecule has 132 valence electrons. The number of nitrogens with zero attached hydrogens (tertiary/aromatic N) is 1. The van der Waals surface area contributed by atoms with Crippen LogP contribution in [0, 0.1) is 5.92 Å². The molecule has 0 saturated carbocycles. The summed E-state index contributed by atoms with van der Waals surface area (Å²) in [6.07, 6.45) is 7.57. The van der Waals surface area contributed by atoms with Crippen molar-refractivity contribution in [3.05, 3.63) is 24.2 Å². The highest BCUT2D eigenvalue weighted by Gasteiger charge is 2.33. The van der Waals surface area contributed by atoms with E-state index in [0.717, 1.165) is 38.8 Å². The second kappa shape index (κ2) is 8.33. The summed E-state index contributed by atoms with van der Waals surface area (Å²) in [5, 5.41) is 6.44. The van der Waals surface area contributed by atoms with Gasteiger partial charge in [-0.3, -0.25) is 9.59 Å². The molecule has 2 amide bonds. The van der Waals surface area contributed by atoms with Gasteiger partial charge in [-0.1, -0.05) is 0 Å². The number of furan rings is 1. The van der Waals surface area contributed by atoms with Gasteiger partial charge in [-0.2, -0.15) is 0 Å². The molecule has 2 saturated heterocycles. The quantitative estimate of drug-likeness (QED) is 0.861. The Kier molecular flexibility index (Phi) is 5.91. The number of carbonyl (C=O) groups excluding carboxylic acids is 2. The third-order valence-electron chi connectivity index (χ3n) is 5.05. The van der Waals surface area contributed by atoms with Crippen molar-refractivity contribution in [3.63, 3.8) is 0 Å². The normalized spacial score (nSPS) is 24.6. The first kappa shape index (κ1) is 17.0. The number of likely N-dealkylation sites (tertiary alicyclic amines) is 1. The van der Waals surface area contributed by atoms with E-state index in [1.165, 1.54) is 19.1 Å². The van der Waals surface area contributed by atoms with Crippen LogP contribution in [0.4, 0.5) is 0 Å². The number of hydrogen-bond acceptors (Lipinski definition) is 4. The van der Waals surface area contributed by atoms with Gasteiger partial charge in [0.2, 0.25) is 5.91 Å². The van der Waals surface area contributed by atoms with Crippen molar-refractivity contribution in [3.8, 4) is 0 Å². The van der Waals surface area contributed by atoms with Crippen molar-refractivity contribution in [1.82, 2.24) is 15.5 Å². The average molecular weight is 333 g/mol. The standard InChI is InChI=1S/C18H27N3O3/c22-17(20-10-8-14-5-3-9-19-13-14)15-6-1-2-11-21(15)18(23)16-7-4-12-24-16/h4,7,12,14-15,19H,1-3,5-6,8-11,13H2,(H,20,22). The minimum atomic E-state index is -0.374. The summed E-state index contributed by atoms with van der Waals surface area (Å²) in [6.45, 7) is 3.45. The van der Waals surface area contributed by atoms with E-state index in [-0.39, 0.29) is 17.9 Å². The zero-order chi connectivity index (χ0) is 16.8. The first-order valence-corrected chi connectivity index (χ1v) is 9.08. The monoisotopic (exact) mass is 333 g/mol. The fourth-order valence-electron chi connectivity index (χ4n) is 3.68. The summed E-state index contributed by atoms with van der Waals surface area (Å²) in [7, 11) is 0. The molecule has 2 unspecified atom stereocenters. The Morgan fingerprint density at radius 3 is 2.96 bits per heavy atom. The maximum absolute atomic E-state index is 12.6. The second-order valence-corrected chi connectivity index (χ2v) is 6.78. The van der Waals surface area contributed by atoms with Gasteiger partial charge >= 0.3 is 0 Å². The van der Waals surface area contributed by atoms with Gasteiger partial charge in [0.1, 0.15) is 6.04 Å². The molecule has 3 heterocycles. The van der Waals surface area contributed by atoms with Gasteiger partial charge in [0.25, 0.3) is 5.91 Å². The zero-order valence-corrected chi connectivity index (χ0v) is 14.1. The maximum atomic E-state index is 12.6. The average Bonchev–Trinajstić information content (AvgIpc) is 3.16. The summed E-state index contributed by atoms with van der Waals surface area (Å²) in [5.41, 5.74) is 0. The topological polar surface area (TPSA) is 74.6 Å². The van der Waals surface area contributed by atoms with Crippen molar-refractivity contribution in [1.29, 1.82) is 0 Å². The summed E-state index contributed by atoms with van der Waals surface area (Å²) in [4.78, 5) is 26.8. The van der Waals surface area contributed by atoms with Gasteiger partial charge in [0, 0.05) is 13.1 Å². The molecule has 2 N–H and O–H groups in total. The Hall–Kier alpha value is -1.82. The number of carbonyl (C=O) groups is 2. The first-order chi connectivity index (χ1) is 11.8. The number of nitrogens with one attached hydrogen (secondary N) is 2. The van der Waals surface area contributed by atoms with E-state index < -0.39 is 0 Å². The van der Waals surface area contributed by atoms with E-state index in [2.05, 4.69) is 10.6 Å². The SMILES string of the molecule is O=C(NCCC1CCCNC1)C1CCCCN1C(=O)c1ccco1. The van der Waals surface area contributed by atoms with Gasteiger partial charge in [0.05, 0.1) is 6.26 Å². The Morgan fingerprint density at radius 1 is 1.29 bits per heavy atom. The Morgan fingerprint density at radius 2 is 2.21 bits per heavy atom. The lowest BCUT2D eigenvalue weighted by molar-refractivity contribution is -0.126. The number of rotatable bonds is 5. The number of piperidine rings is 2. The molecule has 0 spiro atoms. The number of amides is 2. The van der Waals surface area contributed by atoms with E-state index in [0.29, 0.717) is 24.8 Å². The van der Waals surface area contributed by atoms with Gasteiger partial charge in [-0.15, -0.1) is 0 Å². The molecule has 2 fully saturated rings. The predicted molar refractivity (Wildman–Crippen MR) is 90.6 cm³/mol. The summed E-state index contributed by atoms with van der Waals surface area (Å²) in [5.74, 6) is 0.740. The van der Waals surface area contributed by atoms with Crippen LogP contribution >= 0.6 is 0 Å². The van der Waals surface area contributed by atoms with E-state index >= 15 is 0 Å². The van der Waals surface area contributed by atoms with Crippen molar-refractivity contribution >= 4 is 11.8 Å². The van der Waals surface area contributed by atoms with E-state index in [4.69, 9.17) is 4.42 Å². The second-order valence-electron chi connectivity index (χ2n) is 6.78. The van der Waals surface area contributed by atoms with Crippen molar-refractivity contribution in [2.24, 2.45) is 5.92 Å². The van der Waals surface area contributed by atoms with Crippen molar-refractivity contribution in [2.45, 2.75) is 44.6 Å². The lowest BCUT2D eigenvalue weighted by Crippen LogP contribution is -2.52. The lowest BCUT2D eigenvalue weighted by atomic mass is 9.96. The van der Waals surface area contributed by atoms with Gasteiger partial charge in [-0.25, -0.2) is 0 Å². The van der Waals surface area contributed by atoms with Gasteiger partial charge < -0.3 is 20.0 Å². The molecule has 2 aliphatic heterocycles. The highest BCUT2D eigenvalue weighted by atomic mass is 16.3. The van der Waals surface area contributed by atoms with Crippen LogP contribution in [0.5, 0.6) is 0 Å². The maximum Gasteiger partial charge on any atom is 0.290 e. The third-order valence-corrected chi connectivity index (χ3v) is 5.05. The van der Waals surface area contributed by atoms with Gasteiger partial charge in [0.15, 0.2) is 5.76 Å². The van der Waals surface area contributed by atoms with Crippen LogP contribution in [0.25, 0.3) is 0 Å². The smallest absolute Gasteiger partial charge is 0.290 e. The molecule has 6 heteroatoms. The molecule has 6 nitrogen and oxygen atoms in total. The molecular weight excluding hydrogens is 306 g/mol. The predicted octanol–water partition coefficient (Wildman–Crippen LogP) is 1.78. The first-order valence-electron chi connectivity index (χ1n) is 9.08. The van der Waals surface area contributed by atoms with Crippen LogP contribution < -0.4 is 10.6 Å². The van der Waals surface area contributed by atoms with Crippen LogP contribution in [0.15, 0.2) is 22.8 Å². The van der Waals surface area contributed by atoms with Crippen LogP contribution in [-0.4, -0.2) is 48.9 Å². The molecule has 24 heavy (non-hydrogen) atoms. The lowest BCUT2D eigenvalue weighted by Gasteiger charge is -2.34. The van der Waals surface area contributed by atoms with Gasteiger partial charge in [-0.05, 0) is 69.7 Å². The Labute approximate surface area is 143 Å². The molecule has 1 aromatic rings. The zero-order valence-electron chi connectivity index (χ0n) is 14.1.